The van der Waals surface area contributed by atoms with Gasteiger partial charge in [0, 0.05) is 14.1 Å². The van der Waals surface area contributed by atoms with Crippen LogP contribution < -0.4 is 0 Å². The van der Waals surface area contributed by atoms with Crippen molar-refractivity contribution in [3.8, 4) is 0 Å². The summed E-state index contributed by atoms with van der Waals surface area (Å²) in [5.41, 5.74) is -1.03. The number of rotatable bonds is 4. The first-order valence-corrected chi connectivity index (χ1v) is 6.18. The molecule has 0 bridgehead atoms. The highest BCUT2D eigenvalue weighted by atomic mass is 16.6. The second-order valence-corrected chi connectivity index (χ2v) is 5.60. The molecular weight excluding hydrogens is 232 g/mol. The predicted octanol–water partition coefficient (Wildman–Crippen LogP) is 2.13. The third kappa shape index (κ3) is 2.52. The van der Waals surface area contributed by atoms with E-state index in [1.54, 1.807) is 33.0 Å². The minimum Gasteiger partial charge on any atom is -0.437 e. The maximum atomic E-state index is 11.8. The van der Waals surface area contributed by atoms with Crippen LogP contribution in [0.1, 0.15) is 40.5 Å². The molecule has 2 atom stereocenters. The van der Waals surface area contributed by atoms with Gasteiger partial charge in [-0.3, -0.25) is 0 Å². The minimum absolute atomic E-state index is 0.510. The molecule has 0 aromatic carbocycles. The summed E-state index contributed by atoms with van der Waals surface area (Å²) in [6.07, 6.45) is 2.92. The molecule has 0 unspecified atom stereocenters. The zero-order valence-electron chi connectivity index (χ0n) is 12.1. The van der Waals surface area contributed by atoms with Crippen LogP contribution >= 0.6 is 0 Å². The van der Waals surface area contributed by atoms with Crippen LogP contribution in [0.5, 0.6) is 0 Å². The molecule has 18 heavy (non-hydrogen) atoms. The third-order valence-corrected chi connectivity index (χ3v) is 3.47. The number of hydrogen-bond donors (Lipinski definition) is 1. The van der Waals surface area contributed by atoms with Gasteiger partial charge in [0.25, 0.3) is 0 Å². The Hall–Kier alpha value is -1.07. The monoisotopic (exact) mass is 256 g/mol. The first-order valence-electron chi connectivity index (χ1n) is 6.18. The van der Waals surface area contributed by atoms with E-state index in [0.29, 0.717) is 6.42 Å². The summed E-state index contributed by atoms with van der Waals surface area (Å²) in [5.74, 6) is 0. The van der Waals surface area contributed by atoms with Gasteiger partial charge in [-0.05, 0) is 40.5 Å². The highest BCUT2D eigenvalue weighted by Gasteiger charge is 2.60. The van der Waals surface area contributed by atoms with Crippen molar-refractivity contribution in [3.63, 3.8) is 0 Å². The number of cyclic esters (lactones) is 1. The van der Waals surface area contributed by atoms with Crippen LogP contribution in [-0.4, -0.2) is 46.6 Å². The molecule has 1 rings (SSSR count). The van der Waals surface area contributed by atoms with Crippen molar-refractivity contribution in [2.75, 3.05) is 14.1 Å². The Kier molecular flexibility index (Phi) is 4.08. The standard InChI is InChI=1S/C13H24N2O3/c1-10(2)8-7-9-12(3)13(4,17)15(14(5)6)11(16)18-12/h8,17H,7,9H2,1-6H3/t12-,13+/m1/s1. The van der Waals surface area contributed by atoms with Gasteiger partial charge in [-0.1, -0.05) is 11.6 Å². The van der Waals surface area contributed by atoms with E-state index in [0.717, 1.165) is 6.42 Å². The number of allylic oxidation sites excluding steroid dienone is 2. The Morgan fingerprint density at radius 3 is 2.39 bits per heavy atom. The molecule has 1 heterocycles. The summed E-state index contributed by atoms with van der Waals surface area (Å²) in [6, 6.07) is 0. The van der Waals surface area contributed by atoms with Gasteiger partial charge < -0.3 is 9.84 Å². The maximum absolute atomic E-state index is 11.8. The van der Waals surface area contributed by atoms with Crippen LogP contribution in [0.3, 0.4) is 0 Å². The summed E-state index contributed by atoms with van der Waals surface area (Å²) in [5, 5.41) is 13.4. The molecule has 1 fully saturated rings. The van der Waals surface area contributed by atoms with E-state index in [2.05, 4.69) is 6.08 Å². The van der Waals surface area contributed by atoms with Gasteiger partial charge in [0.15, 0.2) is 11.3 Å². The van der Waals surface area contributed by atoms with E-state index in [1.165, 1.54) is 10.6 Å². The van der Waals surface area contributed by atoms with E-state index < -0.39 is 17.4 Å². The number of aliphatic hydroxyl groups is 1. The fourth-order valence-corrected chi connectivity index (χ4v) is 2.21. The van der Waals surface area contributed by atoms with Gasteiger partial charge in [0.2, 0.25) is 0 Å². The molecule has 0 saturated carbocycles. The van der Waals surface area contributed by atoms with Crippen LogP contribution in [0.15, 0.2) is 11.6 Å². The average Bonchev–Trinajstić information content (AvgIpc) is 2.31. The molecule has 1 saturated heterocycles. The van der Waals surface area contributed by atoms with Crippen molar-refractivity contribution in [3.05, 3.63) is 11.6 Å². The number of carbonyl (C=O) groups excluding carboxylic acids is 1. The van der Waals surface area contributed by atoms with E-state index in [4.69, 9.17) is 4.74 Å². The largest absolute Gasteiger partial charge is 0.437 e. The van der Waals surface area contributed by atoms with Crippen LogP contribution in [0.2, 0.25) is 0 Å². The summed E-state index contributed by atoms with van der Waals surface area (Å²) in [6.45, 7) is 7.42. The smallest absolute Gasteiger partial charge is 0.427 e. The zero-order valence-corrected chi connectivity index (χ0v) is 12.1. The second kappa shape index (κ2) is 4.90. The molecule has 1 amide bonds. The zero-order chi connectivity index (χ0) is 14.1. The molecule has 0 spiro atoms. The lowest BCUT2D eigenvalue weighted by molar-refractivity contribution is -0.184. The van der Waals surface area contributed by atoms with Gasteiger partial charge >= 0.3 is 6.09 Å². The third-order valence-electron chi connectivity index (χ3n) is 3.47. The van der Waals surface area contributed by atoms with E-state index >= 15 is 0 Å². The summed E-state index contributed by atoms with van der Waals surface area (Å²) >= 11 is 0. The van der Waals surface area contributed by atoms with Gasteiger partial charge in [0.1, 0.15) is 0 Å². The fourth-order valence-electron chi connectivity index (χ4n) is 2.21. The Morgan fingerprint density at radius 1 is 1.44 bits per heavy atom. The molecule has 1 aliphatic rings. The lowest BCUT2D eigenvalue weighted by atomic mass is 9.89. The normalized spacial score (nSPS) is 31.8. The molecule has 5 heteroatoms. The van der Waals surface area contributed by atoms with Crippen molar-refractivity contribution in [2.24, 2.45) is 0 Å². The van der Waals surface area contributed by atoms with Gasteiger partial charge in [-0.2, -0.15) is 0 Å². The number of nitrogens with zero attached hydrogens (tertiary/aromatic N) is 2. The van der Waals surface area contributed by atoms with Gasteiger partial charge in [-0.15, -0.1) is 0 Å². The summed E-state index contributed by atoms with van der Waals surface area (Å²) in [7, 11) is 3.41. The quantitative estimate of drug-likeness (QED) is 0.783. The SMILES string of the molecule is CC(C)=CCC[C@@]1(C)OC(=O)N(N(C)C)[C@@]1(C)O. The predicted molar refractivity (Wildman–Crippen MR) is 69.7 cm³/mol. The molecule has 0 aromatic heterocycles. The summed E-state index contributed by atoms with van der Waals surface area (Å²) in [4.78, 5) is 11.8. The highest BCUT2D eigenvalue weighted by molar-refractivity contribution is 5.71. The lowest BCUT2D eigenvalue weighted by Crippen LogP contribution is -2.58. The summed E-state index contributed by atoms with van der Waals surface area (Å²) < 4.78 is 5.39. The second-order valence-electron chi connectivity index (χ2n) is 5.60. The molecule has 1 N–H and O–H groups in total. The van der Waals surface area contributed by atoms with Crippen molar-refractivity contribution in [2.45, 2.75) is 51.9 Å². The molecule has 1 aliphatic heterocycles. The molecule has 5 nitrogen and oxygen atoms in total. The minimum atomic E-state index is -1.34. The van der Waals surface area contributed by atoms with E-state index in [1.807, 2.05) is 13.8 Å². The number of ether oxygens (including phenoxy) is 1. The number of amides is 1. The molecule has 0 radical (unpaired) electrons. The average molecular weight is 256 g/mol. The van der Waals surface area contributed by atoms with Crippen LogP contribution in [0, 0.1) is 0 Å². The molecule has 0 aromatic rings. The number of carbonyl (C=O) groups is 1. The molecular formula is C13H24N2O3. The van der Waals surface area contributed by atoms with Crippen LogP contribution in [0.25, 0.3) is 0 Å². The Labute approximate surface area is 109 Å². The topological polar surface area (TPSA) is 53.0 Å². The molecule has 0 aliphatic carbocycles. The van der Waals surface area contributed by atoms with Crippen LogP contribution in [0.4, 0.5) is 4.79 Å². The first kappa shape index (κ1) is 15.0. The van der Waals surface area contributed by atoms with Crippen molar-refractivity contribution in [1.29, 1.82) is 0 Å². The van der Waals surface area contributed by atoms with Gasteiger partial charge in [-0.25, -0.2) is 14.8 Å². The van der Waals surface area contributed by atoms with E-state index in [-0.39, 0.29) is 0 Å². The molecule has 104 valence electrons. The lowest BCUT2D eigenvalue weighted by Gasteiger charge is -2.39. The van der Waals surface area contributed by atoms with Crippen molar-refractivity contribution < 1.29 is 14.6 Å². The van der Waals surface area contributed by atoms with Crippen molar-refractivity contribution in [1.82, 2.24) is 10.0 Å². The Morgan fingerprint density at radius 2 is 2.00 bits per heavy atom. The van der Waals surface area contributed by atoms with E-state index in [9.17, 15) is 9.90 Å². The Bertz CT molecular complexity index is 359. The van der Waals surface area contributed by atoms with Crippen LogP contribution in [-0.2, 0) is 4.74 Å². The Balaban J connectivity index is 2.89. The van der Waals surface area contributed by atoms with Crippen molar-refractivity contribution >= 4 is 6.09 Å². The number of hydrazine groups is 1. The first-order chi connectivity index (χ1) is 8.12. The fraction of sp³-hybridized carbons (Fsp3) is 0.769. The highest BCUT2D eigenvalue weighted by Crippen LogP contribution is 2.40. The maximum Gasteiger partial charge on any atom is 0.427 e. The van der Waals surface area contributed by atoms with Gasteiger partial charge in [0.05, 0.1) is 0 Å². The number of hydrogen-bond acceptors (Lipinski definition) is 4.